The molecule has 1 aromatic rings. The molecular formula is C6H8N2O3S. The number of nitrogens with zero attached hydrogens (tertiary/aromatic N) is 2. The molecule has 0 saturated carbocycles. The molecule has 0 spiro atoms. The molecular weight excluding hydrogens is 180 g/mol. The van der Waals surface area contributed by atoms with Gasteiger partial charge in [-0.2, -0.15) is 0 Å². The Balaban J connectivity index is 2.99. The van der Waals surface area contributed by atoms with Crippen LogP contribution < -0.4 is 0 Å². The zero-order valence-electron chi connectivity index (χ0n) is 6.21. The van der Waals surface area contributed by atoms with Crippen molar-refractivity contribution in [2.24, 2.45) is 0 Å². The Morgan fingerprint density at radius 2 is 2.25 bits per heavy atom. The number of sulfone groups is 1. The maximum absolute atomic E-state index is 11.2. The van der Waals surface area contributed by atoms with Gasteiger partial charge in [-0.25, -0.2) is 18.4 Å². The SMILES string of the molecule is O=S(=O)(CCO)c1ccncn1. The van der Waals surface area contributed by atoms with Crippen molar-refractivity contribution in [3.05, 3.63) is 18.6 Å². The van der Waals surface area contributed by atoms with E-state index in [2.05, 4.69) is 9.97 Å². The number of hydrogen-bond donors (Lipinski definition) is 1. The average molecular weight is 188 g/mol. The molecule has 1 aromatic heterocycles. The van der Waals surface area contributed by atoms with Crippen molar-refractivity contribution >= 4 is 9.84 Å². The lowest BCUT2D eigenvalue weighted by atomic mass is 10.7. The van der Waals surface area contributed by atoms with Crippen LogP contribution in [0.3, 0.4) is 0 Å². The number of hydrogen-bond acceptors (Lipinski definition) is 5. The maximum Gasteiger partial charge on any atom is 0.197 e. The first kappa shape index (κ1) is 9.08. The number of aliphatic hydroxyl groups excluding tert-OH is 1. The monoisotopic (exact) mass is 188 g/mol. The van der Waals surface area contributed by atoms with E-state index < -0.39 is 16.4 Å². The number of aliphatic hydroxyl groups is 1. The third kappa shape index (κ3) is 1.99. The van der Waals surface area contributed by atoms with Gasteiger partial charge in [0, 0.05) is 6.20 Å². The third-order valence-electron chi connectivity index (χ3n) is 1.23. The zero-order chi connectivity index (χ0) is 9.03. The van der Waals surface area contributed by atoms with Gasteiger partial charge in [-0.15, -0.1) is 0 Å². The fourth-order valence-corrected chi connectivity index (χ4v) is 1.61. The average Bonchev–Trinajstić information content (AvgIpc) is 2.06. The second-order valence-corrected chi connectivity index (χ2v) is 4.15. The first-order chi connectivity index (χ1) is 5.67. The van der Waals surface area contributed by atoms with Crippen LogP contribution in [-0.4, -0.2) is 35.9 Å². The normalized spacial score (nSPS) is 11.4. The van der Waals surface area contributed by atoms with Crippen LogP contribution in [0.5, 0.6) is 0 Å². The van der Waals surface area contributed by atoms with Crippen LogP contribution in [0.25, 0.3) is 0 Å². The molecule has 0 aromatic carbocycles. The highest BCUT2D eigenvalue weighted by Crippen LogP contribution is 2.03. The van der Waals surface area contributed by atoms with E-state index >= 15 is 0 Å². The van der Waals surface area contributed by atoms with Crippen LogP contribution >= 0.6 is 0 Å². The summed E-state index contributed by atoms with van der Waals surface area (Å²) in [4.78, 5) is 7.14. The van der Waals surface area contributed by atoms with Gasteiger partial charge >= 0.3 is 0 Å². The highest BCUT2D eigenvalue weighted by Gasteiger charge is 2.13. The van der Waals surface area contributed by atoms with Crippen LogP contribution in [0.2, 0.25) is 0 Å². The molecule has 0 atom stereocenters. The molecule has 0 saturated heterocycles. The van der Waals surface area contributed by atoms with E-state index in [0.29, 0.717) is 0 Å². The molecule has 0 bridgehead atoms. The number of rotatable bonds is 3. The summed E-state index contributed by atoms with van der Waals surface area (Å²) in [5.74, 6) is -0.302. The van der Waals surface area contributed by atoms with E-state index in [1.165, 1.54) is 12.3 Å². The van der Waals surface area contributed by atoms with Gasteiger partial charge < -0.3 is 5.11 Å². The summed E-state index contributed by atoms with van der Waals surface area (Å²) in [5.41, 5.74) is 0. The van der Waals surface area contributed by atoms with Crippen molar-refractivity contribution in [3.8, 4) is 0 Å². The highest BCUT2D eigenvalue weighted by atomic mass is 32.2. The van der Waals surface area contributed by atoms with Crippen molar-refractivity contribution < 1.29 is 13.5 Å². The molecule has 0 aliphatic rings. The Morgan fingerprint density at radius 1 is 1.50 bits per heavy atom. The summed E-state index contributed by atoms with van der Waals surface area (Å²) in [6.45, 7) is -0.396. The van der Waals surface area contributed by atoms with Gasteiger partial charge in [-0.3, -0.25) is 0 Å². The van der Waals surface area contributed by atoms with Crippen LogP contribution in [0.15, 0.2) is 23.6 Å². The standard InChI is InChI=1S/C6H8N2O3S/c9-3-4-12(10,11)6-1-2-7-5-8-6/h1-2,5,9H,3-4H2. The first-order valence-electron chi connectivity index (χ1n) is 3.26. The second kappa shape index (κ2) is 3.59. The fourth-order valence-electron chi connectivity index (χ4n) is 0.687. The minimum atomic E-state index is -3.41. The Bertz CT molecular complexity index is 335. The smallest absolute Gasteiger partial charge is 0.197 e. The molecule has 1 N–H and O–H groups in total. The van der Waals surface area contributed by atoms with E-state index in [4.69, 9.17) is 5.11 Å². The van der Waals surface area contributed by atoms with Crippen LogP contribution in [0.1, 0.15) is 0 Å². The molecule has 12 heavy (non-hydrogen) atoms. The Kier molecular flexibility index (Phi) is 2.72. The number of aromatic nitrogens is 2. The summed E-state index contributed by atoms with van der Waals surface area (Å²) < 4.78 is 22.4. The minimum Gasteiger partial charge on any atom is -0.395 e. The van der Waals surface area contributed by atoms with Crippen molar-refractivity contribution in [1.29, 1.82) is 0 Å². The van der Waals surface area contributed by atoms with Gasteiger partial charge in [0.2, 0.25) is 0 Å². The quantitative estimate of drug-likeness (QED) is 0.631. The van der Waals surface area contributed by atoms with Gasteiger partial charge in [-0.05, 0) is 6.07 Å². The Labute approximate surface area is 70.0 Å². The third-order valence-corrected chi connectivity index (χ3v) is 2.83. The summed E-state index contributed by atoms with van der Waals surface area (Å²) in [6, 6.07) is 1.30. The molecule has 0 aliphatic carbocycles. The predicted octanol–water partition coefficient (Wildman–Crippen LogP) is -0.757. The van der Waals surface area contributed by atoms with Gasteiger partial charge in [-0.1, -0.05) is 0 Å². The second-order valence-electron chi connectivity index (χ2n) is 2.09. The topological polar surface area (TPSA) is 80.2 Å². The summed E-state index contributed by atoms with van der Waals surface area (Å²) in [5, 5.41) is 8.39. The molecule has 0 aliphatic heterocycles. The molecule has 6 heteroatoms. The summed E-state index contributed by atoms with van der Waals surface area (Å²) in [7, 11) is -3.41. The predicted molar refractivity (Wildman–Crippen MR) is 41.2 cm³/mol. The van der Waals surface area contributed by atoms with E-state index in [0.717, 1.165) is 6.33 Å². The highest BCUT2D eigenvalue weighted by molar-refractivity contribution is 7.91. The van der Waals surface area contributed by atoms with Gasteiger partial charge in [0.15, 0.2) is 14.9 Å². The lowest BCUT2D eigenvalue weighted by Gasteiger charge is -1.98. The molecule has 5 nitrogen and oxygen atoms in total. The zero-order valence-corrected chi connectivity index (χ0v) is 7.03. The summed E-state index contributed by atoms with van der Waals surface area (Å²) >= 11 is 0. The molecule has 0 radical (unpaired) electrons. The molecule has 1 rings (SSSR count). The van der Waals surface area contributed by atoms with Crippen molar-refractivity contribution in [1.82, 2.24) is 9.97 Å². The molecule has 1 heterocycles. The first-order valence-corrected chi connectivity index (χ1v) is 4.91. The minimum absolute atomic E-state index is 0.0495. The Hall–Kier alpha value is -1.01. The molecule has 66 valence electrons. The summed E-state index contributed by atoms with van der Waals surface area (Å²) in [6.07, 6.45) is 2.50. The van der Waals surface area contributed by atoms with E-state index in [1.807, 2.05) is 0 Å². The van der Waals surface area contributed by atoms with Crippen LogP contribution in [-0.2, 0) is 9.84 Å². The van der Waals surface area contributed by atoms with Crippen molar-refractivity contribution in [3.63, 3.8) is 0 Å². The molecule has 0 fully saturated rings. The molecule has 0 unspecified atom stereocenters. The fraction of sp³-hybridized carbons (Fsp3) is 0.333. The van der Waals surface area contributed by atoms with Crippen molar-refractivity contribution in [2.75, 3.05) is 12.4 Å². The largest absolute Gasteiger partial charge is 0.395 e. The van der Waals surface area contributed by atoms with Crippen LogP contribution in [0.4, 0.5) is 0 Å². The van der Waals surface area contributed by atoms with Gasteiger partial charge in [0.05, 0.1) is 12.4 Å². The van der Waals surface area contributed by atoms with Crippen LogP contribution in [0, 0.1) is 0 Å². The maximum atomic E-state index is 11.2. The van der Waals surface area contributed by atoms with E-state index in [9.17, 15) is 8.42 Å². The molecule has 0 amide bonds. The Morgan fingerprint density at radius 3 is 2.75 bits per heavy atom. The van der Waals surface area contributed by atoms with E-state index in [-0.39, 0.29) is 10.8 Å². The van der Waals surface area contributed by atoms with Crippen molar-refractivity contribution in [2.45, 2.75) is 5.03 Å². The lowest BCUT2D eigenvalue weighted by Crippen LogP contribution is -2.11. The van der Waals surface area contributed by atoms with Gasteiger partial charge in [0.1, 0.15) is 6.33 Å². The lowest BCUT2D eigenvalue weighted by molar-refractivity contribution is 0.319. The van der Waals surface area contributed by atoms with E-state index in [1.54, 1.807) is 0 Å². The van der Waals surface area contributed by atoms with Gasteiger partial charge in [0.25, 0.3) is 0 Å².